The molecule has 0 amide bonds. The zero-order chi connectivity index (χ0) is 12.3. The van der Waals surface area contributed by atoms with Gasteiger partial charge in [-0.1, -0.05) is 30.3 Å². The third-order valence-corrected chi connectivity index (χ3v) is 2.70. The van der Waals surface area contributed by atoms with Crippen LogP contribution in [0.15, 0.2) is 42.5 Å². The maximum absolute atomic E-state index is 9.90. The lowest BCUT2D eigenvalue weighted by molar-refractivity contribution is 0.275. The summed E-state index contributed by atoms with van der Waals surface area (Å²) in [5, 5.41) is 28.1. The van der Waals surface area contributed by atoms with Gasteiger partial charge in [-0.3, -0.25) is 0 Å². The van der Waals surface area contributed by atoms with E-state index < -0.39 is 0 Å². The molecule has 0 aliphatic carbocycles. The minimum Gasteiger partial charge on any atom is -0.508 e. The molecule has 0 saturated heterocycles. The van der Waals surface area contributed by atoms with Crippen LogP contribution in [-0.2, 0) is 13.0 Å². The molecule has 0 bridgehead atoms. The summed E-state index contributed by atoms with van der Waals surface area (Å²) >= 11 is 0. The third kappa shape index (κ3) is 2.57. The second-order valence-electron chi connectivity index (χ2n) is 3.93. The second kappa shape index (κ2) is 4.89. The molecule has 3 N–H and O–H groups in total. The van der Waals surface area contributed by atoms with E-state index in [4.69, 9.17) is 5.11 Å². The Bertz CT molecular complexity index is 503. The Kier molecular flexibility index (Phi) is 3.30. The van der Waals surface area contributed by atoms with Crippen LogP contribution in [0.25, 0.3) is 0 Å². The first-order valence-corrected chi connectivity index (χ1v) is 5.39. The van der Waals surface area contributed by atoms with Crippen LogP contribution in [0.4, 0.5) is 0 Å². The predicted octanol–water partition coefficient (Wildman–Crippen LogP) is 2.18. The van der Waals surface area contributed by atoms with Crippen molar-refractivity contribution in [3.63, 3.8) is 0 Å². The van der Waals surface area contributed by atoms with Crippen molar-refractivity contribution in [3.8, 4) is 11.5 Å². The molecule has 0 atom stereocenters. The van der Waals surface area contributed by atoms with Crippen LogP contribution >= 0.6 is 0 Å². The number of hydrogen-bond acceptors (Lipinski definition) is 3. The van der Waals surface area contributed by atoms with Crippen LogP contribution in [0.3, 0.4) is 0 Å². The van der Waals surface area contributed by atoms with Gasteiger partial charge in [0.25, 0.3) is 0 Å². The molecule has 3 heteroatoms. The number of aliphatic hydroxyl groups is 1. The predicted molar refractivity (Wildman–Crippen MR) is 64.9 cm³/mol. The molecule has 0 aromatic heterocycles. The van der Waals surface area contributed by atoms with Crippen LogP contribution in [0.1, 0.15) is 16.7 Å². The normalized spacial score (nSPS) is 10.4. The average Bonchev–Trinajstić information content (AvgIpc) is 2.35. The largest absolute Gasteiger partial charge is 0.508 e. The smallest absolute Gasteiger partial charge is 0.124 e. The summed E-state index contributed by atoms with van der Waals surface area (Å²) in [5.41, 5.74) is 2.29. The van der Waals surface area contributed by atoms with Crippen molar-refractivity contribution in [2.75, 3.05) is 0 Å². The topological polar surface area (TPSA) is 60.7 Å². The monoisotopic (exact) mass is 230 g/mol. The fourth-order valence-corrected chi connectivity index (χ4v) is 1.75. The van der Waals surface area contributed by atoms with Gasteiger partial charge in [0, 0.05) is 12.0 Å². The highest BCUT2D eigenvalue weighted by Gasteiger charge is 2.06. The summed E-state index contributed by atoms with van der Waals surface area (Å²) < 4.78 is 0. The van der Waals surface area contributed by atoms with Gasteiger partial charge in [-0.05, 0) is 23.3 Å². The Morgan fingerprint density at radius 2 is 1.47 bits per heavy atom. The highest BCUT2D eigenvalue weighted by atomic mass is 16.3. The first-order valence-electron chi connectivity index (χ1n) is 5.39. The summed E-state index contributed by atoms with van der Waals surface area (Å²) in [7, 11) is 0. The Labute approximate surface area is 99.6 Å². The first-order chi connectivity index (χ1) is 8.20. The number of rotatable bonds is 3. The summed E-state index contributed by atoms with van der Waals surface area (Å²) in [5.74, 6) is 0.366. The molecule has 0 saturated carbocycles. The summed E-state index contributed by atoms with van der Waals surface area (Å²) in [6.45, 7) is -0.171. The third-order valence-electron chi connectivity index (χ3n) is 2.70. The number of hydrogen-bond donors (Lipinski definition) is 3. The number of phenols is 2. The van der Waals surface area contributed by atoms with Gasteiger partial charge in [0.1, 0.15) is 11.5 Å². The molecule has 0 fully saturated rings. The van der Waals surface area contributed by atoms with Crippen LogP contribution in [-0.4, -0.2) is 15.3 Å². The van der Waals surface area contributed by atoms with Crippen LogP contribution in [0.5, 0.6) is 11.5 Å². The van der Waals surface area contributed by atoms with E-state index >= 15 is 0 Å². The van der Waals surface area contributed by atoms with Crippen molar-refractivity contribution < 1.29 is 15.3 Å². The zero-order valence-electron chi connectivity index (χ0n) is 9.30. The number of phenolic OH excluding ortho intramolecular Hbond substituents is 1. The number of aromatic hydroxyl groups is 2. The van der Waals surface area contributed by atoms with Gasteiger partial charge in [0.15, 0.2) is 0 Å². The van der Waals surface area contributed by atoms with E-state index in [-0.39, 0.29) is 18.1 Å². The molecule has 2 aromatic rings. The Morgan fingerprint density at radius 3 is 2.12 bits per heavy atom. The molecule has 0 spiro atoms. The molecule has 3 nitrogen and oxygen atoms in total. The van der Waals surface area contributed by atoms with Gasteiger partial charge < -0.3 is 15.3 Å². The molecular formula is C14H14O3. The molecule has 0 aliphatic heterocycles. The number of benzene rings is 2. The van der Waals surface area contributed by atoms with Gasteiger partial charge in [-0.25, -0.2) is 0 Å². The Balaban J connectivity index is 2.27. The zero-order valence-corrected chi connectivity index (χ0v) is 9.30. The van der Waals surface area contributed by atoms with Gasteiger partial charge in [0.2, 0.25) is 0 Å². The maximum Gasteiger partial charge on any atom is 0.124 e. The Morgan fingerprint density at radius 1 is 0.824 bits per heavy atom. The lowest BCUT2D eigenvalue weighted by Crippen LogP contribution is -1.92. The van der Waals surface area contributed by atoms with E-state index in [0.29, 0.717) is 12.0 Å². The molecule has 0 unspecified atom stereocenters. The summed E-state index contributed by atoms with van der Waals surface area (Å²) in [6.07, 6.45) is 0.569. The van der Waals surface area contributed by atoms with Gasteiger partial charge in [-0.2, -0.15) is 0 Å². The van der Waals surface area contributed by atoms with Crippen LogP contribution in [0, 0.1) is 0 Å². The van der Waals surface area contributed by atoms with Crippen molar-refractivity contribution >= 4 is 0 Å². The highest BCUT2D eigenvalue weighted by molar-refractivity contribution is 5.43. The molecule has 0 aliphatic rings. The minimum absolute atomic E-state index is 0.142. The van der Waals surface area contributed by atoms with E-state index in [2.05, 4.69) is 0 Å². The van der Waals surface area contributed by atoms with Crippen LogP contribution in [0.2, 0.25) is 0 Å². The van der Waals surface area contributed by atoms with Gasteiger partial charge in [0.05, 0.1) is 6.61 Å². The molecule has 2 rings (SSSR count). The van der Waals surface area contributed by atoms with E-state index in [0.717, 1.165) is 11.1 Å². The standard InChI is InChI=1S/C14H14O3/c15-9-12-3-1-2-11(14(12)17)8-10-4-6-13(16)7-5-10/h1-7,15-17H,8-9H2. The molecule has 2 aromatic carbocycles. The van der Waals surface area contributed by atoms with E-state index in [1.807, 2.05) is 6.07 Å². The Hall–Kier alpha value is -2.00. The van der Waals surface area contributed by atoms with Gasteiger partial charge >= 0.3 is 0 Å². The van der Waals surface area contributed by atoms with Crippen molar-refractivity contribution in [2.45, 2.75) is 13.0 Å². The van der Waals surface area contributed by atoms with Crippen molar-refractivity contribution in [2.24, 2.45) is 0 Å². The number of para-hydroxylation sites is 1. The second-order valence-corrected chi connectivity index (χ2v) is 3.93. The lowest BCUT2D eigenvalue weighted by atomic mass is 10.0. The van der Waals surface area contributed by atoms with Gasteiger partial charge in [-0.15, -0.1) is 0 Å². The van der Waals surface area contributed by atoms with E-state index in [9.17, 15) is 10.2 Å². The van der Waals surface area contributed by atoms with E-state index in [1.165, 1.54) is 0 Å². The van der Waals surface area contributed by atoms with Crippen molar-refractivity contribution in [1.82, 2.24) is 0 Å². The SMILES string of the molecule is OCc1cccc(Cc2ccc(O)cc2)c1O. The maximum atomic E-state index is 9.90. The fraction of sp³-hybridized carbons (Fsp3) is 0.143. The minimum atomic E-state index is -0.171. The molecule has 17 heavy (non-hydrogen) atoms. The quantitative estimate of drug-likeness (QED) is 0.757. The van der Waals surface area contributed by atoms with Crippen LogP contribution < -0.4 is 0 Å². The summed E-state index contributed by atoms with van der Waals surface area (Å²) in [6, 6.07) is 12.2. The highest BCUT2D eigenvalue weighted by Crippen LogP contribution is 2.25. The summed E-state index contributed by atoms with van der Waals surface area (Å²) in [4.78, 5) is 0. The first kappa shape index (κ1) is 11.5. The fourth-order valence-electron chi connectivity index (χ4n) is 1.75. The van der Waals surface area contributed by atoms with Crippen molar-refractivity contribution in [1.29, 1.82) is 0 Å². The molecular weight excluding hydrogens is 216 g/mol. The number of aliphatic hydroxyl groups excluding tert-OH is 1. The molecule has 0 heterocycles. The lowest BCUT2D eigenvalue weighted by Gasteiger charge is -2.08. The van der Waals surface area contributed by atoms with E-state index in [1.54, 1.807) is 36.4 Å². The van der Waals surface area contributed by atoms with Crippen molar-refractivity contribution in [3.05, 3.63) is 59.2 Å². The average molecular weight is 230 g/mol. The molecule has 0 radical (unpaired) electrons. The molecule has 88 valence electrons.